The lowest BCUT2D eigenvalue weighted by atomic mass is 10.1. The lowest BCUT2D eigenvalue weighted by Gasteiger charge is -2.35. The van der Waals surface area contributed by atoms with Gasteiger partial charge < -0.3 is 14.8 Å². The number of rotatable bonds is 2. The Balaban J connectivity index is 1.26. The number of piperazine rings is 1. The summed E-state index contributed by atoms with van der Waals surface area (Å²) in [6.45, 7) is 3.11. The van der Waals surface area contributed by atoms with Crippen LogP contribution in [-0.4, -0.2) is 62.6 Å². The molecule has 1 fully saturated rings. The van der Waals surface area contributed by atoms with Crippen molar-refractivity contribution in [2.24, 2.45) is 0 Å². The van der Waals surface area contributed by atoms with Crippen molar-refractivity contribution in [2.45, 2.75) is 25.8 Å². The summed E-state index contributed by atoms with van der Waals surface area (Å²) in [5, 5.41) is 5.47. The van der Waals surface area contributed by atoms with Gasteiger partial charge in [0.2, 0.25) is 0 Å². The number of aryl methyl sites for hydroxylation is 1. The van der Waals surface area contributed by atoms with Gasteiger partial charge in [-0.25, -0.2) is 0 Å². The van der Waals surface area contributed by atoms with Gasteiger partial charge in [0.15, 0.2) is 0 Å². The SMILES string of the molecule is O=C(c1ccc2cc[nH]c2c1)N1CCN(C(=O)c2cnn3c2CCCC3)CC1. The van der Waals surface area contributed by atoms with E-state index < -0.39 is 0 Å². The minimum atomic E-state index is 0.0199. The van der Waals surface area contributed by atoms with Gasteiger partial charge in [-0.3, -0.25) is 14.3 Å². The number of fused-ring (bicyclic) bond motifs is 2. The zero-order chi connectivity index (χ0) is 19.1. The number of benzene rings is 1. The first-order valence-electron chi connectivity index (χ1n) is 9.91. The molecule has 1 N–H and O–H groups in total. The Morgan fingerprint density at radius 2 is 1.71 bits per heavy atom. The van der Waals surface area contributed by atoms with Crippen LogP contribution in [0.25, 0.3) is 10.9 Å². The predicted octanol–water partition coefficient (Wildman–Crippen LogP) is 2.30. The van der Waals surface area contributed by atoms with Crippen molar-refractivity contribution >= 4 is 22.7 Å². The number of nitrogens with one attached hydrogen (secondary N) is 1. The minimum absolute atomic E-state index is 0.0199. The van der Waals surface area contributed by atoms with Crippen molar-refractivity contribution in [3.05, 3.63) is 53.5 Å². The summed E-state index contributed by atoms with van der Waals surface area (Å²) < 4.78 is 1.97. The molecular weight excluding hydrogens is 354 g/mol. The molecule has 0 atom stereocenters. The van der Waals surface area contributed by atoms with E-state index >= 15 is 0 Å². The number of H-pyrrole nitrogens is 1. The van der Waals surface area contributed by atoms with Gasteiger partial charge in [0, 0.05) is 50.0 Å². The van der Waals surface area contributed by atoms with Gasteiger partial charge in [-0.1, -0.05) is 6.07 Å². The summed E-state index contributed by atoms with van der Waals surface area (Å²) in [5.41, 5.74) is 3.44. The Hall–Kier alpha value is -3.09. The predicted molar refractivity (Wildman–Crippen MR) is 105 cm³/mol. The maximum atomic E-state index is 13.0. The van der Waals surface area contributed by atoms with Gasteiger partial charge in [0.05, 0.1) is 17.5 Å². The van der Waals surface area contributed by atoms with E-state index in [9.17, 15) is 9.59 Å². The number of nitrogens with zero attached hydrogens (tertiary/aromatic N) is 4. The number of aromatic amines is 1. The number of hydrogen-bond donors (Lipinski definition) is 1. The van der Waals surface area contributed by atoms with E-state index in [1.807, 2.05) is 44.9 Å². The van der Waals surface area contributed by atoms with Crippen LogP contribution < -0.4 is 0 Å². The Kier molecular flexibility index (Phi) is 4.15. The molecule has 144 valence electrons. The summed E-state index contributed by atoms with van der Waals surface area (Å²) in [5.74, 6) is 0.0644. The number of hydrogen-bond acceptors (Lipinski definition) is 3. The first-order chi connectivity index (χ1) is 13.7. The Bertz CT molecular complexity index is 1040. The normalized spacial score (nSPS) is 17.0. The topological polar surface area (TPSA) is 74.2 Å². The average Bonchev–Trinajstić information content (AvgIpc) is 3.39. The van der Waals surface area contributed by atoms with Crippen LogP contribution in [0.3, 0.4) is 0 Å². The van der Waals surface area contributed by atoms with Crippen LogP contribution >= 0.6 is 0 Å². The number of aromatic nitrogens is 3. The molecule has 7 nitrogen and oxygen atoms in total. The zero-order valence-corrected chi connectivity index (χ0v) is 15.7. The minimum Gasteiger partial charge on any atom is -0.361 e. The fraction of sp³-hybridized carbons (Fsp3) is 0.381. The third-order valence-corrected chi connectivity index (χ3v) is 5.87. The highest BCUT2D eigenvalue weighted by Crippen LogP contribution is 2.21. The third-order valence-electron chi connectivity index (χ3n) is 5.87. The van der Waals surface area contributed by atoms with Crippen LogP contribution in [0, 0.1) is 0 Å². The highest BCUT2D eigenvalue weighted by Gasteiger charge is 2.28. The van der Waals surface area contributed by atoms with Gasteiger partial charge in [0.25, 0.3) is 11.8 Å². The lowest BCUT2D eigenvalue weighted by molar-refractivity contribution is 0.0534. The van der Waals surface area contributed by atoms with Crippen molar-refractivity contribution < 1.29 is 9.59 Å². The van der Waals surface area contributed by atoms with Crippen molar-refractivity contribution in [1.82, 2.24) is 24.6 Å². The summed E-state index contributed by atoms with van der Waals surface area (Å²) in [4.78, 5) is 32.7. The quantitative estimate of drug-likeness (QED) is 0.745. The van der Waals surface area contributed by atoms with Crippen LogP contribution in [0.4, 0.5) is 0 Å². The fourth-order valence-corrected chi connectivity index (χ4v) is 4.25. The second-order valence-corrected chi connectivity index (χ2v) is 7.55. The van der Waals surface area contributed by atoms with E-state index in [2.05, 4.69) is 10.1 Å². The highest BCUT2D eigenvalue weighted by molar-refractivity contribution is 5.98. The van der Waals surface area contributed by atoms with E-state index in [0.717, 1.165) is 48.0 Å². The van der Waals surface area contributed by atoms with Gasteiger partial charge in [-0.15, -0.1) is 0 Å². The first kappa shape index (κ1) is 17.0. The first-order valence-corrected chi connectivity index (χ1v) is 9.91. The largest absolute Gasteiger partial charge is 0.361 e. The van der Waals surface area contributed by atoms with Crippen molar-refractivity contribution in [3.63, 3.8) is 0 Å². The number of carbonyl (C=O) groups is 2. The van der Waals surface area contributed by atoms with Crippen LogP contribution in [0.5, 0.6) is 0 Å². The monoisotopic (exact) mass is 377 g/mol. The zero-order valence-electron chi connectivity index (χ0n) is 15.7. The van der Waals surface area contributed by atoms with E-state index in [1.54, 1.807) is 6.20 Å². The molecule has 4 heterocycles. The molecule has 1 aromatic carbocycles. The van der Waals surface area contributed by atoms with Gasteiger partial charge in [-0.2, -0.15) is 5.10 Å². The average molecular weight is 377 g/mol. The molecule has 0 radical (unpaired) electrons. The maximum Gasteiger partial charge on any atom is 0.257 e. The summed E-state index contributed by atoms with van der Waals surface area (Å²) in [6, 6.07) is 7.72. The molecule has 28 heavy (non-hydrogen) atoms. The van der Waals surface area contributed by atoms with Crippen LogP contribution in [0.2, 0.25) is 0 Å². The van der Waals surface area contributed by atoms with Crippen molar-refractivity contribution in [1.29, 1.82) is 0 Å². The van der Waals surface area contributed by atoms with E-state index in [1.165, 1.54) is 0 Å². The molecule has 0 spiro atoms. The summed E-state index contributed by atoms with van der Waals surface area (Å²) in [6.07, 6.45) is 6.74. The Labute approximate surface area is 162 Å². The van der Waals surface area contributed by atoms with Gasteiger partial charge >= 0.3 is 0 Å². The maximum absolute atomic E-state index is 13.0. The fourth-order valence-electron chi connectivity index (χ4n) is 4.25. The molecule has 5 rings (SSSR count). The third kappa shape index (κ3) is 2.87. The highest BCUT2D eigenvalue weighted by atomic mass is 16.2. The standard InChI is InChI=1S/C21H23N5O2/c27-20(16-5-4-15-6-7-22-18(15)13-16)24-9-11-25(12-10-24)21(28)17-14-23-26-8-2-1-3-19(17)26/h4-7,13-14,22H,1-3,8-12H2. The molecular formula is C21H23N5O2. The van der Waals surface area contributed by atoms with Crippen molar-refractivity contribution in [2.75, 3.05) is 26.2 Å². The molecule has 0 saturated carbocycles. The van der Waals surface area contributed by atoms with Gasteiger partial charge in [-0.05, 0) is 42.8 Å². The summed E-state index contributed by atoms with van der Waals surface area (Å²) >= 11 is 0. The molecule has 2 aromatic heterocycles. The van der Waals surface area contributed by atoms with Crippen LogP contribution in [0.15, 0.2) is 36.7 Å². The summed E-state index contributed by atoms with van der Waals surface area (Å²) in [7, 11) is 0. The van der Waals surface area contributed by atoms with Crippen molar-refractivity contribution in [3.8, 4) is 0 Å². The smallest absolute Gasteiger partial charge is 0.257 e. The van der Waals surface area contributed by atoms with Gasteiger partial charge in [0.1, 0.15) is 0 Å². The van der Waals surface area contributed by atoms with E-state index in [4.69, 9.17) is 0 Å². The molecule has 2 amide bonds. The number of amides is 2. The van der Waals surface area contributed by atoms with Crippen LogP contribution in [0.1, 0.15) is 39.3 Å². The molecule has 1 saturated heterocycles. The molecule has 0 unspecified atom stereocenters. The molecule has 0 aliphatic carbocycles. The second kappa shape index (κ2) is 6.82. The Morgan fingerprint density at radius 1 is 0.929 bits per heavy atom. The number of carbonyl (C=O) groups excluding carboxylic acids is 2. The van der Waals surface area contributed by atoms with E-state index in [-0.39, 0.29) is 11.8 Å². The lowest BCUT2D eigenvalue weighted by Crippen LogP contribution is -2.50. The molecule has 2 aliphatic heterocycles. The van der Waals surface area contributed by atoms with E-state index in [0.29, 0.717) is 31.7 Å². The molecule has 7 heteroatoms. The molecule has 0 bridgehead atoms. The van der Waals surface area contributed by atoms with Crippen LogP contribution in [-0.2, 0) is 13.0 Å². The second-order valence-electron chi connectivity index (χ2n) is 7.55. The Morgan fingerprint density at radius 3 is 2.54 bits per heavy atom. The molecule has 3 aromatic rings. The molecule has 2 aliphatic rings.